The minimum Gasteiger partial charge on any atom is -0.349 e. The highest BCUT2D eigenvalue weighted by Gasteiger charge is 2.64. The number of amides is 2. The Hall–Kier alpha value is -1.48. The molecule has 13 heteroatoms. The number of thioether (sulfide) groups is 1. The fraction of sp³-hybridized carbons (Fsp3) is 0.333. The number of alkyl halides is 6. The van der Waals surface area contributed by atoms with Crippen LogP contribution in [0.15, 0.2) is 40.9 Å². The molecule has 0 aliphatic rings. The van der Waals surface area contributed by atoms with Gasteiger partial charge in [-0.05, 0) is 76.0 Å². The average Bonchev–Trinajstić information content (AvgIpc) is 2.73. The molecule has 0 saturated carbocycles. The molecule has 2 aromatic carbocycles. The van der Waals surface area contributed by atoms with Gasteiger partial charge in [0, 0.05) is 25.4 Å². The largest absolute Gasteiger partial charge is 0.432 e. The van der Waals surface area contributed by atoms with Crippen molar-refractivity contribution in [3.8, 4) is 0 Å². The number of rotatable bonds is 8. The van der Waals surface area contributed by atoms with Gasteiger partial charge in [0.1, 0.15) is 0 Å². The molecule has 0 aliphatic carbocycles. The molecule has 2 amide bonds. The Balaban J connectivity index is 2.37. The van der Waals surface area contributed by atoms with E-state index in [1.54, 1.807) is 19.1 Å². The van der Waals surface area contributed by atoms with Crippen LogP contribution in [0.3, 0.4) is 0 Å². The second-order valence-corrected chi connectivity index (χ2v) is 10.1. The standard InChI is InChI=1S/C21H18BrF6IN2O2S/c1-10(9-34-2)30-18(33)16-12(4-3-5-14(16)29)17(32)31-15-7-6-11(8-13(15)22)20(25,19(23)24)21(26,27)28/h3-8,10,19H,9H2,1-2H3,(H,30,33)(H,31,32)/t10-,20?/m0/s1. The van der Waals surface area contributed by atoms with Crippen LogP contribution >= 0.6 is 50.3 Å². The number of carbonyl (C=O) groups excluding carboxylic acids is 2. The maximum absolute atomic E-state index is 14.3. The zero-order valence-electron chi connectivity index (χ0n) is 17.6. The van der Waals surface area contributed by atoms with Gasteiger partial charge >= 0.3 is 6.18 Å². The van der Waals surface area contributed by atoms with E-state index in [1.807, 2.05) is 28.8 Å². The molecule has 0 aromatic heterocycles. The Morgan fingerprint density at radius 3 is 2.29 bits per heavy atom. The number of hydrogen-bond acceptors (Lipinski definition) is 3. The third-order valence-electron chi connectivity index (χ3n) is 4.63. The molecule has 0 heterocycles. The van der Waals surface area contributed by atoms with Crippen LogP contribution < -0.4 is 10.6 Å². The van der Waals surface area contributed by atoms with Gasteiger partial charge in [0.15, 0.2) is 0 Å². The minimum absolute atomic E-state index is 0.0144. The van der Waals surface area contributed by atoms with Crippen molar-refractivity contribution >= 4 is 67.8 Å². The van der Waals surface area contributed by atoms with Crippen LogP contribution in [0.2, 0.25) is 0 Å². The Labute approximate surface area is 217 Å². The lowest BCUT2D eigenvalue weighted by molar-refractivity contribution is -0.274. The van der Waals surface area contributed by atoms with Crippen molar-refractivity contribution in [2.75, 3.05) is 17.3 Å². The highest BCUT2D eigenvalue weighted by molar-refractivity contribution is 14.1. The van der Waals surface area contributed by atoms with Crippen LogP contribution in [0.1, 0.15) is 33.2 Å². The third kappa shape index (κ3) is 6.20. The summed E-state index contributed by atoms with van der Waals surface area (Å²) in [5, 5.41) is 5.19. The van der Waals surface area contributed by atoms with E-state index in [-0.39, 0.29) is 27.3 Å². The quantitative estimate of drug-likeness (QED) is 0.239. The molecule has 0 spiro atoms. The summed E-state index contributed by atoms with van der Waals surface area (Å²) in [6.07, 6.45) is -8.34. The maximum atomic E-state index is 14.3. The number of hydrogen-bond donors (Lipinski definition) is 2. The molecule has 0 radical (unpaired) electrons. The van der Waals surface area contributed by atoms with Crippen LogP contribution in [0, 0.1) is 3.57 Å². The van der Waals surface area contributed by atoms with E-state index in [4.69, 9.17) is 0 Å². The van der Waals surface area contributed by atoms with E-state index in [1.165, 1.54) is 17.8 Å². The van der Waals surface area contributed by atoms with Gasteiger partial charge in [-0.25, -0.2) is 13.2 Å². The molecular formula is C21H18BrF6IN2O2S. The first-order valence-electron chi connectivity index (χ1n) is 9.47. The van der Waals surface area contributed by atoms with Gasteiger partial charge in [-0.15, -0.1) is 0 Å². The van der Waals surface area contributed by atoms with Crippen molar-refractivity contribution in [1.82, 2.24) is 5.32 Å². The van der Waals surface area contributed by atoms with E-state index in [0.29, 0.717) is 21.5 Å². The van der Waals surface area contributed by atoms with Gasteiger partial charge in [-0.1, -0.05) is 12.1 Å². The molecule has 4 nitrogen and oxygen atoms in total. The normalized spacial score (nSPS) is 14.4. The molecule has 0 saturated heterocycles. The topological polar surface area (TPSA) is 58.2 Å². The summed E-state index contributed by atoms with van der Waals surface area (Å²) in [4.78, 5) is 25.7. The molecule has 2 atom stereocenters. The van der Waals surface area contributed by atoms with Crippen molar-refractivity contribution in [2.45, 2.75) is 31.2 Å². The first kappa shape index (κ1) is 28.8. The van der Waals surface area contributed by atoms with Crippen LogP contribution in [-0.4, -0.2) is 42.5 Å². The molecular weight excluding hydrogens is 665 g/mol. The molecule has 2 aromatic rings. The van der Waals surface area contributed by atoms with Crippen molar-refractivity contribution in [2.24, 2.45) is 0 Å². The van der Waals surface area contributed by atoms with Crippen molar-refractivity contribution in [3.63, 3.8) is 0 Å². The van der Waals surface area contributed by atoms with E-state index in [2.05, 4.69) is 26.6 Å². The number of halogens is 8. The first-order valence-corrected chi connectivity index (χ1v) is 12.7. The van der Waals surface area contributed by atoms with Gasteiger partial charge in [0.05, 0.1) is 16.8 Å². The summed E-state index contributed by atoms with van der Waals surface area (Å²) in [5.41, 5.74) is -6.23. The average molecular weight is 683 g/mol. The summed E-state index contributed by atoms with van der Waals surface area (Å²) in [7, 11) is 0. The van der Waals surface area contributed by atoms with Gasteiger partial charge in [0.2, 0.25) is 0 Å². The van der Waals surface area contributed by atoms with Gasteiger partial charge in [-0.3, -0.25) is 9.59 Å². The number of benzene rings is 2. The van der Waals surface area contributed by atoms with E-state index >= 15 is 0 Å². The molecule has 2 rings (SSSR count). The fourth-order valence-electron chi connectivity index (χ4n) is 2.98. The fourth-order valence-corrected chi connectivity index (χ4v) is 4.78. The van der Waals surface area contributed by atoms with Crippen LogP contribution in [-0.2, 0) is 5.67 Å². The number of anilines is 1. The SMILES string of the molecule is CSC[C@H](C)NC(=O)c1c(I)cccc1C(=O)Nc1ccc(C(F)(C(F)F)C(F)(F)F)cc1Br. The van der Waals surface area contributed by atoms with Crippen molar-refractivity contribution in [1.29, 1.82) is 0 Å². The Morgan fingerprint density at radius 2 is 1.76 bits per heavy atom. The van der Waals surface area contributed by atoms with Gasteiger partial charge in [-0.2, -0.15) is 24.9 Å². The van der Waals surface area contributed by atoms with Gasteiger partial charge < -0.3 is 10.6 Å². The predicted molar refractivity (Wildman–Crippen MR) is 131 cm³/mol. The smallest absolute Gasteiger partial charge is 0.349 e. The lowest BCUT2D eigenvalue weighted by atomic mass is 9.95. The monoisotopic (exact) mass is 682 g/mol. The first-order chi connectivity index (χ1) is 15.7. The lowest BCUT2D eigenvalue weighted by Crippen LogP contribution is -2.44. The number of carbonyl (C=O) groups is 2. The lowest BCUT2D eigenvalue weighted by Gasteiger charge is -2.27. The van der Waals surface area contributed by atoms with Crippen LogP contribution in [0.4, 0.5) is 32.0 Å². The van der Waals surface area contributed by atoms with Crippen molar-refractivity contribution in [3.05, 3.63) is 61.1 Å². The highest BCUT2D eigenvalue weighted by Crippen LogP contribution is 2.48. The minimum atomic E-state index is -5.86. The summed E-state index contributed by atoms with van der Waals surface area (Å²) in [6.45, 7) is 1.80. The number of nitrogens with one attached hydrogen (secondary N) is 2. The van der Waals surface area contributed by atoms with Gasteiger partial charge in [0.25, 0.3) is 23.9 Å². The molecule has 34 heavy (non-hydrogen) atoms. The Morgan fingerprint density at radius 1 is 1.12 bits per heavy atom. The summed E-state index contributed by atoms with van der Waals surface area (Å²) in [6, 6.07) is 6.29. The van der Waals surface area contributed by atoms with E-state index < -0.39 is 35.6 Å². The third-order valence-corrected chi connectivity index (χ3v) is 7.02. The summed E-state index contributed by atoms with van der Waals surface area (Å²) >= 11 is 6.31. The summed E-state index contributed by atoms with van der Waals surface area (Å²) in [5.74, 6) is -0.621. The van der Waals surface area contributed by atoms with E-state index in [9.17, 15) is 35.9 Å². The Bertz CT molecular complexity index is 1070. The second-order valence-electron chi connectivity index (χ2n) is 7.15. The van der Waals surface area contributed by atoms with E-state index in [0.717, 1.165) is 6.07 Å². The molecule has 0 fully saturated rings. The molecule has 186 valence electrons. The molecule has 2 N–H and O–H groups in total. The second kappa shape index (κ2) is 11.5. The van der Waals surface area contributed by atoms with Crippen molar-refractivity contribution < 1.29 is 35.9 Å². The highest BCUT2D eigenvalue weighted by atomic mass is 127. The molecule has 1 unspecified atom stereocenters. The zero-order chi connectivity index (χ0) is 25.8. The van der Waals surface area contributed by atoms with Crippen LogP contribution in [0.5, 0.6) is 0 Å². The maximum Gasteiger partial charge on any atom is 0.432 e. The summed E-state index contributed by atoms with van der Waals surface area (Å²) < 4.78 is 79.6. The Kier molecular flexibility index (Phi) is 9.73. The zero-order valence-corrected chi connectivity index (χ0v) is 22.1. The van der Waals surface area contributed by atoms with Crippen LogP contribution in [0.25, 0.3) is 0 Å². The molecule has 0 bridgehead atoms. The molecule has 0 aliphatic heterocycles. The predicted octanol–water partition coefficient (Wildman–Crippen LogP) is 6.78.